The van der Waals surface area contributed by atoms with Crippen LogP contribution >= 0.6 is 0 Å². The van der Waals surface area contributed by atoms with Gasteiger partial charge in [-0.05, 0) is 85.8 Å². The van der Waals surface area contributed by atoms with Crippen LogP contribution in [0.4, 0.5) is 11.4 Å². The van der Waals surface area contributed by atoms with Crippen LogP contribution < -0.4 is 30.3 Å². The average molecular weight is 717 g/mol. The summed E-state index contributed by atoms with van der Waals surface area (Å²) in [5.74, 6) is 2.77. The van der Waals surface area contributed by atoms with Crippen LogP contribution in [-0.4, -0.2) is 67.5 Å². The van der Waals surface area contributed by atoms with Crippen molar-refractivity contribution in [2.75, 3.05) is 36.5 Å². The Bertz CT molecular complexity index is 1610. The Hall–Kier alpha value is -4.74. The van der Waals surface area contributed by atoms with Crippen molar-refractivity contribution in [1.82, 2.24) is 10.6 Å². The molecule has 12 heteroatoms. The fraction of sp³-hybridized carbons (Fsp3) is 0.550. The molecule has 4 heterocycles. The van der Waals surface area contributed by atoms with E-state index in [1.165, 1.54) is 11.1 Å². The number of Topliss-reactive ketones (excluding diaryl/α,β-unsaturated/α-hetero) is 2. The van der Waals surface area contributed by atoms with Crippen LogP contribution in [0.25, 0.3) is 0 Å². The smallest absolute Gasteiger partial charge is 0.249 e. The van der Waals surface area contributed by atoms with Crippen LogP contribution in [0.3, 0.4) is 0 Å². The molecule has 2 saturated carbocycles. The Morgan fingerprint density at radius 3 is 1.75 bits per heavy atom. The van der Waals surface area contributed by atoms with Gasteiger partial charge in [0.05, 0.1) is 17.9 Å². The van der Waals surface area contributed by atoms with Gasteiger partial charge >= 0.3 is 0 Å². The van der Waals surface area contributed by atoms with Gasteiger partial charge in [-0.1, -0.05) is 26.0 Å². The topological polar surface area (TPSA) is 160 Å². The Morgan fingerprint density at radius 1 is 0.615 bits per heavy atom. The predicted molar refractivity (Wildman–Crippen MR) is 197 cm³/mol. The third-order valence-electron chi connectivity index (χ3n) is 10.3. The molecule has 2 aliphatic carbocycles. The normalized spacial score (nSPS) is 21.7. The molecule has 3 N–H and O–H groups in total. The highest BCUT2D eigenvalue weighted by atomic mass is 16.5. The van der Waals surface area contributed by atoms with Crippen LogP contribution in [0.2, 0.25) is 0 Å². The molecule has 52 heavy (non-hydrogen) atoms. The Labute approximate surface area is 305 Å². The summed E-state index contributed by atoms with van der Waals surface area (Å²) in [6.45, 7) is 6.78. The van der Waals surface area contributed by atoms with Crippen LogP contribution in [0.1, 0.15) is 120 Å². The Balaban J connectivity index is 0.000000166. The molecule has 8 rings (SSSR count). The standard InChI is InChI=1S/C19H22N2O4.C14H17NO2.C5H7NO2.C2H6/c22-14-4-1-12(2-5-14)13-3-6-15-17(11-13)25-10-9-21(15)16-7-8-18(23)20-19(16)24;16-12-4-1-10(2-5-12)11-3-6-13-14(9-11)17-8-7-15-13;7-4-2-1-3-5(8)6-4;1-2/h3,6,11-12,16H,1-2,4-5,7-10H2,(H,20,23,24);3,6,9-10,15H,1-2,4-5,7-8H2;1-3H2,(H,6,7,8);1-2H3. The highest BCUT2D eigenvalue weighted by Crippen LogP contribution is 2.40. The van der Waals surface area contributed by atoms with Crippen molar-refractivity contribution >= 4 is 46.6 Å². The van der Waals surface area contributed by atoms with Gasteiger partial charge in [-0.15, -0.1) is 0 Å². The third kappa shape index (κ3) is 10.2. The summed E-state index contributed by atoms with van der Waals surface area (Å²) in [5.41, 5.74) is 4.53. The molecule has 4 amide bonds. The van der Waals surface area contributed by atoms with Gasteiger partial charge in [-0.3, -0.25) is 39.4 Å². The number of hydrogen-bond donors (Lipinski definition) is 3. The van der Waals surface area contributed by atoms with E-state index in [2.05, 4.69) is 51.2 Å². The number of carbonyl (C=O) groups is 6. The van der Waals surface area contributed by atoms with Crippen molar-refractivity contribution in [3.8, 4) is 11.5 Å². The van der Waals surface area contributed by atoms with Crippen molar-refractivity contribution in [3.63, 3.8) is 0 Å². The van der Waals surface area contributed by atoms with Gasteiger partial charge in [-0.2, -0.15) is 0 Å². The number of anilines is 2. The van der Waals surface area contributed by atoms with Crippen molar-refractivity contribution in [1.29, 1.82) is 0 Å². The predicted octanol–water partition coefficient (Wildman–Crippen LogP) is 5.47. The van der Waals surface area contributed by atoms with E-state index in [4.69, 9.17) is 9.47 Å². The molecule has 0 bridgehead atoms. The van der Waals surface area contributed by atoms with Gasteiger partial charge in [0.25, 0.3) is 0 Å². The number of fused-ring (bicyclic) bond motifs is 2. The minimum atomic E-state index is -0.321. The molecule has 2 saturated heterocycles. The molecule has 0 radical (unpaired) electrons. The second-order valence-electron chi connectivity index (χ2n) is 13.7. The maximum absolute atomic E-state index is 12.2. The molecular formula is C40H52N4O8. The molecule has 4 aliphatic heterocycles. The second kappa shape index (κ2) is 18.7. The van der Waals surface area contributed by atoms with E-state index in [-0.39, 0.29) is 29.7 Å². The Kier molecular flexibility index (Phi) is 13.8. The lowest BCUT2D eigenvalue weighted by Crippen LogP contribution is -2.54. The van der Waals surface area contributed by atoms with Crippen LogP contribution in [0.15, 0.2) is 36.4 Å². The first kappa shape index (κ1) is 38.5. The first-order valence-electron chi connectivity index (χ1n) is 19.0. The van der Waals surface area contributed by atoms with E-state index in [0.29, 0.717) is 81.5 Å². The lowest BCUT2D eigenvalue weighted by atomic mass is 9.83. The van der Waals surface area contributed by atoms with Crippen LogP contribution in [0, 0.1) is 0 Å². The van der Waals surface area contributed by atoms with E-state index >= 15 is 0 Å². The fourth-order valence-corrected chi connectivity index (χ4v) is 7.46. The number of piperidine rings is 2. The summed E-state index contributed by atoms with van der Waals surface area (Å²) in [7, 11) is 0. The molecule has 1 atom stereocenters. The van der Waals surface area contributed by atoms with Gasteiger partial charge in [-0.25, -0.2) is 0 Å². The van der Waals surface area contributed by atoms with Gasteiger partial charge in [0.1, 0.15) is 42.3 Å². The van der Waals surface area contributed by atoms with Crippen LogP contribution in [0.5, 0.6) is 11.5 Å². The zero-order valence-corrected chi connectivity index (χ0v) is 30.4. The molecule has 12 nitrogen and oxygen atoms in total. The monoisotopic (exact) mass is 716 g/mol. The number of nitrogens with zero attached hydrogens (tertiary/aromatic N) is 1. The van der Waals surface area contributed by atoms with E-state index in [1.54, 1.807) is 0 Å². The molecule has 6 aliphatic rings. The summed E-state index contributed by atoms with van der Waals surface area (Å²) in [6.07, 6.45) is 9.20. The van der Waals surface area contributed by atoms with Gasteiger partial charge in [0.2, 0.25) is 23.6 Å². The summed E-state index contributed by atoms with van der Waals surface area (Å²) in [6, 6.07) is 12.3. The zero-order valence-electron chi connectivity index (χ0n) is 30.4. The number of imide groups is 2. The number of hydrogen-bond acceptors (Lipinski definition) is 10. The van der Waals surface area contributed by atoms with Crippen LogP contribution in [-0.2, 0) is 28.8 Å². The lowest BCUT2D eigenvalue weighted by Gasteiger charge is -2.38. The van der Waals surface area contributed by atoms with Crippen molar-refractivity contribution < 1.29 is 38.2 Å². The number of benzene rings is 2. The van der Waals surface area contributed by atoms with Crippen molar-refractivity contribution in [2.24, 2.45) is 0 Å². The average Bonchev–Trinajstić information content (AvgIpc) is 3.16. The summed E-state index contributed by atoms with van der Waals surface area (Å²) < 4.78 is 11.5. The number of carbonyl (C=O) groups excluding carboxylic acids is 6. The summed E-state index contributed by atoms with van der Waals surface area (Å²) >= 11 is 0. The molecule has 4 fully saturated rings. The minimum absolute atomic E-state index is 0.138. The molecule has 1 unspecified atom stereocenters. The maximum atomic E-state index is 12.2. The van der Waals surface area contributed by atoms with E-state index in [9.17, 15) is 28.8 Å². The molecule has 2 aromatic carbocycles. The van der Waals surface area contributed by atoms with Gasteiger partial charge in [0, 0.05) is 51.5 Å². The number of amides is 4. The zero-order chi connectivity index (χ0) is 37.0. The molecule has 2 aromatic rings. The minimum Gasteiger partial charge on any atom is -0.490 e. The second-order valence-corrected chi connectivity index (χ2v) is 13.7. The van der Waals surface area contributed by atoms with Gasteiger partial charge in [0.15, 0.2) is 0 Å². The summed E-state index contributed by atoms with van der Waals surface area (Å²) in [4.78, 5) is 69.0. The largest absolute Gasteiger partial charge is 0.490 e. The number of ketones is 2. The van der Waals surface area contributed by atoms with E-state index in [0.717, 1.165) is 74.6 Å². The lowest BCUT2D eigenvalue weighted by molar-refractivity contribution is -0.135. The Morgan fingerprint density at radius 2 is 1.17 bits per heavy atom. The first-order valence-corrected chi connectivity index (χ1v) is 19.0. The maximum Gasteiger partial charge on any atom is 0.249 e. The third-order valence-corrected chi connectivity index (χ3v) is 10.3. The molecule has 280 valence electrons. The highest BCUT2D eigenvalue weighted by Gasteiger charge is 2.35. The SMILES string of the molecule is CC.O=C1CCC(c2ccc3c(c2)OCCN3)CC1.O=C1CCC(c2ccc3c(c2)OCCN3C2CCC(=O)NC2=O)CC1.O=C1CCCC(=O)N1. The number of rotatable bonds is 3. The van der Waals surface area contributed by atoms with Crippen molar-refractivity contribution in [3.05, 3.63) is 47.5 Å². The van der Waals surface area contributed by atoms with Gasteiger partial charge < -0.3 is 19.7 Å². The quantitative estimate of drug-likeness (QED) is 0.348. The first-order chi connectivity index (χ1) is 25.2. The van der Waals surface area contributed by atoms with E-state index in [1.807, 2.05) is 19.9 Å². The van der Waals surface area contributed by atoms with Crippen molar-refractivity contribution in [2.45, 2.75) is 115 Å². The molecule has 0 spiro atoms. The number of nitrogens with one attached hydrogen (secondary N) is 3. The molecular weight excluding hydrogens is 664 g/mol. The fourth-order valence-electron chi connectivity index (χ4n) is 7.46. The number of ether oxygens (including phenoxy) is 2. The summed E-state index contributed by atoms with van der Waals surface area (Å²) in [5, 5.41) is 7.95. The highest BCUT2D eigenvalue weighted by molar-refractivity contribution is 6.02. The molecule has 0 aromatic heterocycles. The van der Waals surface area contributed by atoms with E-state index < -0.39 is 0 Å².